The Hall–Kier alpha value is -2.70. The van der Waals surface area contributed by atoms with Crippen LogP contribution in [0.15, 0.2) is 47.5 Å². The number of alkyl halides is 3. The summed E-state index contributed by atoms with van der Waals surface area (Å²) in [4.78, 5) is 18.5. The van der Waals surface area contributed by atoms with Gasteiger partial charge in [0, 0.05) is 51.6 Å². The highest BCUT2D eigenvalue weighted by molar-refractivity contribution is 5.58. The molecule has 0 spiro atoms. The number of halogens is 3. The van der Waals surface area contributed by atoms with Gasteiger partial charge in [0.05, 0.1) is 35.7 Å². The lowest BCUT2D eigenvalue weighted by molar-refractivity contribution is -0.136. The fourth-order valence-corrected chi connectivity index (χ4v) is 8.21. The van der Waals surface area contributed by atoms with E-state index in [-0.39, 0.29) is 23.7 Å². The molecule has 0 N–H and O–H groups in total. The Labute approximate surface area is 262 Å². The van der Waals surface area contributed by atoms with Crippen molar-refractivity contribution in [2.24, 2.45) is 5.92 Å². The zero-order valence-electron chi connectivity index (χ0n) is 26.4. The molecule has 3 aromatic rings. The Morgan fingerprint density at radius 1 is 0.956 bits per heavy atom. The first kappa shape index (κ1) is 30.9. The van der Waals surface area contributed by atoms with Crippen LogP contribution in [0.1, 0.15) is 74.0 Å². The van der Waals surface area contributed by atoms with Crippen molar-refractivity contribution in [1.82, 2.24) is 28.8 Å². The van der Waals surface area contributed by atoms with Gasteiger partial charge in [-0.25, -0.2) is 14.8 Å². The van der Waals surface area contributed by atoms with Crippen molar-refractivity contribution >= 4 is 5.52 Å². The highest BCUT2D eigenvalue weighted by atomic mass is 19.4. The third-order valence-electron chi connectivity index (χ3n) is 10.7. The largest absolute Gasteiger partial charge is 0.418 e. The number of likely N-dealkylation sites (tertiary alicyclic amines) is 1. The molecule has 45 heavy (non-hydrogen) atoms. The average Bonchev–Trinajstić information content (AvgIpc) is 3.40. The van der Waals surface area contributed by atoms with Crippen molar-refractivity contribution in [1.29, 1.82) is 0 Å². The van der Waals surface area contributed by atoms with E-state index in [2.05, 4.69) is 32.9 Å². The number of likely N-dealkylation sites (N-methyl/N-ethyl adjacent to an activating group) is 1. The van der Waals surface area contributed by atoms with Crippen molar-refractivity contribution in [2.75, 3.05) is 47.0 Å². The van der Waals surface area contributed by atoms with Gasteiger partial charge in [0.25, 0.3) is 0 Å². The molecule has 1 saturated carbocycles. The van der Waals surface area contributed by atoms with Crippen LogP contribution >= 0.6 is 0 Å². The van der Waals surface area contributed by atoms with E-state index in [1.165, 1.54) is 53.3 Å². The summed E-state index contributed by atoms with van der Waals surface area (Å²) >= 11 is 0. The number of pyridine rings is 1. The molecule has 4 fully saturated rings. The van der Waals surface area contributed by atoms with Gasteiger partial charge in [-0.05, 0) is 93.8 Å². The van der Waals surface area contributed by atoms with Gasteiger partial charge in [-0.15, -0.1) is 0 Å². The summed E-state index contributed by atoms with van der Waals surface area (Å²) in [7, 11) is 3.90. The molecule has 3 saturated heterocycles. The van der Waals surface area contributed by atoms with Crippen LogP contribution in [0.5, 0.6) is 0 Å². The first-order chi connectivity index (χ1) is 21.7. The monoisotopic (exact) mass is 626 g/mol. The number of ether oxygens (including phenoxy) is 1. The maximum absolute atomic E-state index is 14.5. The first-order valence-corrected chi connectivity index (χ1v) is 16.6. The molecule has 1 aromatic carbocycles. The quantitative estimate of drug-likeness (QED) is 0.344. The molecule has 4 aliphatic rings. The van der Waals surface area contributed by atoms with Crippen molar-refractivity contribution < 1.29 is 17.9 Å². The molecular weight excluding hydrogens is 581 g/mol. The molecule has 5 heterocycles. The summed E-state index contributed by atoms with van der Waals surface area (Å²) < 4.78 is 51.5. The summed E-state index contributed by atoms with van der Waals surface area (Å²) in [6.45, 7) is 4.90. The van der Waals surface area contributed by atoms with Gasteiger partial charge in [-0.1, -0.05) is 18.6 Å². The fraction of sp³-hybridized carbons (Fsp3) is 0.618. The van der Waals surface area contributed by atoms with Crippen LogP contribution < -0.4 is 5.69 Å². The lowest BCUT2D eigenvalue weighted by atomic mass is 9.71. The number of hydrogen-bond acceptors (Lipinski definition) is 6. The summed E-state index contributed by atoms with van der Waals surface area (Å²) in [5.41, 5.74) is 0.865. The third kappa shape index (κ3) is 5.98. The topological polar surface area (TPSA) is 48.6 Å². The second-order valence-electron chi connectivity index (χ2n) is 13.6. The molecule has 1 aliphatic carbocycles. The number of hydrogen-bond donors (Lipinski definition) is 0. The zero-order valence-corrected chi connectivity index (χ0v) is 26.4. The van der Waals surface area contributed by atoms with E-state index < -0.39 is 17.4 Å². The Morgan fingerprint density at radius 3 is 2.53 bits per heavy atom. The Bertz CT molecular complexity index is 1570. The molecular formula is C34H45F3N6O2. The van der Waals surface area contributed by atoms with E-state index in [1.54, 1.807) is 13.3 Å². The lowest BCUT2D eigenvalue weighted by Crippen LogP contribution is -2.50. The standard InChI is InChI=1S/C34H45F3N6O2/c1-38-23-40-15-3-4-16-43(40)32(38)31(25-8-5-9-25)26-10-6-11-27(19-26)41-22-30-29(34(35,36)37)18-24(21-42(30)33(41)44)20-39-14-7-12-28(45-2)13-17-39/h6,10-11,18-19,21-22,25,28,31-32H,3-5,7-9,12-17,20,23H2,1-2H3/t28-,31-,32?/m1/s1. The minimum Gasteiger partial charge on any atom is -0.381 e. The molecule has 0 bridgehead atoms. The van der Waals surface area contributed by atoms with Gasteiger partial charge < -0.3 is 4.74 Å². The fourth-order valence-electron chi connectivity index (χ4n) is 8.21. The average molecular weight is 627 g/mol. The molecule has 11 heteroatoms. The molecule has 8 nitrogen and oxygen atoms in total. The van der Waals surface area contributed by atoms with Gasteiger partial charge in [-0.3, -0.25) is 18.8 Å². The second kappa shape index (κ2) is 12.5. The minimum absolute atomic E-state index is 0.119. The van der Waals surface area contributed by atoms with E-state index in [9.17, 15) is 18.0 Å². The summed E-state index contributed by atoms with van der Waals surface area (Å²) in [5, 5.41) is 5.00. The maximum Gasteiger partial charge on any atom is 0.418 e. The molecule has 3 atom stereocenters. The normalized spacial score (nSPS) is 25.4. The Balaban J connectivity index is 1.24. The SMILES string of the molecule is CO[C@@H]1CCCN(Cc2cc(C(F)(F)F)c3cn(-c4cccc([C@@H](C5CCC5)C5N(C)CN6CCCCN56)c4)c(=O)n3c2)CC1. The number of rotatable bonds is 7. The molecule has 0 radical (unpaired) electrons. The van der Waals surface area contributed by atoms with Crippen LogP contribution in [0, 0.1) is 5.92 Å². The van der Waals surface area contributed by atoms with Gasteiger partial charge in [0.1, 0.15) is 0 Å². The van der Waals surface area contributed by atoms with Gasteiger partial charge in [-0.2, -0.15) is 13.2 Å². The number of fused-ring (bicyclic) bond motifs is 2. The predicted octanol–water partition coefficient (Wildman–Crippen LogP) is 5.54. The van der Waals surface area contributed by atoms with Crippen LogP contribution in [-0.4, -0.2) is 88.1 Å². The number of nitrogens with zero attached hydrogens (tertiary/aromatic N) is 6. The lowest BCUT2D eigenvalue weighted by Gasteiger charge is -2.44. The third-order valence-corrected chi connectivity index (χ3v) is 10.7. The summed E-state index contributed by atoms with van der Waals surface area (Å²) in [5.74, 6) is 0.792. The van der Waals surface area contributed by atoms with Crippen LogP contribution in [0.25, 0.3) is 11.2 Å². The molecule has 244 valence electrons. The molecule has 1 unspecified atom stereocenters. The molecule has 7 rings (SSSR count). The van der Waals surface area contributed by atoms with E-state index >= 15 is 0 Å². The highest BCUT2D eigenvalue weighted by Crippen LogP contribution is 2.46. The Morgan fingerprint density at radius 2 is 1.78 bits per heavy atom. The number of hydrazine groups is 1. The van der Waals surface area contributed by atoms with Gasteiger partial charge in [0.15, 0.2) is 0 Å². The van der Waals surface area contributed by atoms with Crippen LogP contribution in [-0.2, 0) is 17.5 Å². The summed E-state index contributed by atoms with van der Waals surface area (Å²) in [6.07, 6.45) is 7.43. The first-order valence-electron chi connectivity index (χ1n) is 16.6. The van der Waals surface area contributed by atoms with E-state index in [0.717, 1.165) is 57.7 Å². The number of methoxy groups -OCH3 is 1. The van der Waals surface area contributed by atoms with Crippen molar-refractivity contribution in [3.05, 3.63) is 69.9 Å². The second-order valence-corrected chi connectivity index (χ2v) is 13.6. The van der Waals surface area contributed by atoms with E-state index in [4.69, 9.17) is 4.74 Å². The van der Waals surface area contributed by atoms with Crippen molar-refractivity contribution in [3.63, 3.8) is 0 Å². The minimum atomic E-state index is -4.59. The number of aromatic nitrogens is 2. The number of imidazole rings is 1. The highest BCUT2D eigenvalue weighted by Gasteiger charge is 2.46. The van der Waals surface area contributed by atoms with Crippen LogP contribution in [0.3, 0.4) is 0 Å². The van der Waals surface area contributed by atoms with Crippen LogP contribution in [0.4, 0.5) is 13.2 Å². The van der Waals surface area contributed by atoms with Gasteiger partial charge in [0.2, 0.25) is 0 Å². The van der Waals surface area contributed by atoms with E-state index in [1.807, 2.05) is 18.2 Å². The predicted molar refractivity (Wildman–Crippen MR) is 167 cm³/mol. The Kier molecular flexibility index (Phi) is 8.58. The van der Waals surface area contributed by atoms with Crippen molar-refractivity contribution in [2.45, 2.75) is 82.3 Å². The summed E-state index contributed by atoms with van der Waals surface area (Å²) in [6, 6.07) is 9.20. The molecule has 0 amide bonds. The maximum atomic E-state index is 14.5. The molecule has 3 aliphatic heterocycles. The zero-order chi connectivity index (χ0) is 31.3. The van der Waals surface area contributed by atoms with Gasteiger partial charge >= 0.3 is 11.9 Å². The smallest absolute Gasteiger partial charge is 0.381 e. The van der Waals surface area contributed by atoms with Crippen LogP contribution in [0.2, 0.25) is 0 Å². The van der Waals surface area contributed by atoms with Crippen molar-refractivity contribution in [3.8, 4) is 5.69 Å². The molecule has 2 aromatic heterocycles. The number of benzene rings is 1. The van der Waals surface area contributed by atoms with E-state index in [0.29, 0.717) is 23.7 Å².